The van der Waals surface area contributed by atoms with Crippen LogP contribution in [-0.2, 0) is 0 Å². The molecule has 2 rings (SSSR count). The second-order valence-electron chi connectivity index (χ2n) is 4.02. The first-order chi connectivity index (χ1) is 7.27. The summed E-state index contributed by atoms with van der Waals surface area (Å²) >= 11 is 0. The van der Waals surface area contributed by atoms with Crippen molar-refractivity contribution in [1.29, 1.82) is 0 Å². The zero-order valence-corrected chi connectivity index (χ0v) is 10.4. The Balaban J connectivity index is 2.04. The van der Waals surface area contributed by atoms with Crippen molar-refractivity contribution >= 4 is 14.7 Å². The van der Waals surface area contributed by atoms with Crippen LogP contribution in [0.3, 0.4) is 0 Å². The van der Waals surface area contributed by atoms with Crippen molar-refractivity contribution in [2.45, 2.75) is 26.3 Å². The Kier molecular flexibility index (Phi) is 3.22. The number of hydrogen-bond acceptors (Lipinski definition) is 0. The first-order valence-electron chi connectivity index (χ1n) is 5.43. The average Bonchev–Trinajstić information content (AvgIpc) is 2.73. The van der Waals surface area contributed by atoms with Crippen molar-refractivity contribution in [1.82, 2.24) is 0 Å². The molecular weight excluding hydrogens is 196 g/mol. The third kappa shape index (κ3) is 2.48. The molecule has 0 unspecified atom stereocenters. The Morgan fingerprint density at radius 2 is 2.13 bits per heavy atom. The first kappa shape index (κ1) is 10.4. The first-order valence-corrected chi connectivity index (χ1v) is 6.64. The van der Waals surface area contributed by atoms with E-state index in [0.29, 0.717) is 0 Å². The Hall–Kier alpha value is -1.08. The molecule has 0 aromatic heterocycles. The summed E-state index contributed by atoms with van der Waals surface area (Å²) in [6.45, 7) is 4.43. The fraction of sp³-hybridized carbons (Fsp3) is 0.286. The van der Waals surface area contributed by atoms with Gasteiger partial charge in [-0.3, -0.25) is 0 Å². The Bertz CT molecular complexity index is 413. The van der Waals surface area contributed by atoms with E-state index in [1.807, 2.05) is 0 Å². The van der Waals surface area contributed by atoms with Gasteiger partial charge in [0.05, 0.1) is 9.52 Å². The van der Waals surface area contributed by atoms with Crippen LogP contribution in [0.4, 0.5) is 0 Å². The van der Waals surface area contributed by atoms with Crippen LogP contribution in [0.5, 0.6) is 0 Å². The van der Waals surface area contributed by atoms with E-state index in [2.05, 4.69) is 50.3 Å². The predicted molar refractivity (Wildman–Crippen MR) is 68.0 cm³/mol. The van der Waals surface area contributed by atoms with E-state index in [4.69, 9.17) is 0 Å². The van der Waals surface area contributed by atoms with Gasteiger partial charge in [0.1, 0.15) is 0 Å². The predicted octanol–water partition coefficient (Wildman–Crippen LogP) is 2.94. The molecule has 2 radical (unpaired) electrons. The van der Waals surface area contributed by atoms with Crippen LogP contribution in [-0.4, -0.2) is 9.52 Å². The van der Waals surface area contributed by atoms with Crippen LogP contribution in [0, 0.1) is 13.8 Å². The molecule has 0 amide bonds. The number of hydrogen-bond donors (Lipinski definition) is 0. The molecule has 0 saturated heterocycles. The van der Waals surface area contributed by atoms with E-state index in [9.17, 15) is 0 Å². The van der Waals surface area contributed by atoms with Gasteiger partial charge in [-0.1, -0.05) is 47.2 Å². The molecule has 1 heteroatoms. The van der Waals surface area contributed by atoms with Crippen LogP contribution in [0.15, 0.2) is 42.0 Å². The molecule has 0 aliphatic heterocycles. The van der Waals surface area contributed by atoms with Crippen molar-refractivity contribution in [2.24, 2.45) is 0 Å². The molecule has 0 bridgehead atoms. The minimum absolute atomic E-state index is 0.914. The highest BCUT2D eigenvalue weighted by molar-refractivity contribution is 6.54. The summed E-state index contributed by atoms with van der Waals surface area (Å²) in [5.74, 6) is 0. The second kappa shape index (κ2) is 4.62. The summed E-state index contributed by atoms with van der Waals surface area (Å²) < 4.78 is 0. The highest BCUT2D eigenvalue weighted by Crippen LogP contribution is 2.13. The zero-order valence-electron chi connectivity index (χ0n) is 9.38. The van der Waals surface area contributed by atoms with Crippen molar-refractivity contribution in [2.75, 3.05) is 0 Å². The number of benzene rings is 1. The summed E-state index contributed by atoms with van der Waals surface area (Å²) in [4.78, 5) is 0. The second-order valence-corrected chi connectivity index (χ2v) is 5.26. The summed E-state index contributed by atoms with van der Waals surface area (Å²) in [6.07, 6.45) is 7.96. The molecule has 0 saturated carbocycles. The maximum Gasteiger partial charge on any atom is 0.0859 e. The summed E-state index contributed by atoms with van der Waals surface area (Å²) in [6, 6.07) is 7.84. The van der Waals surface area contributed by atoms with Gasteiger partial charge >= 0.3 is 0 Å². The van der Waals surface area contributed by atoms with Gasteiger partial charge in [0.2, 0.25) is 0 Å². The van der Waals surface area contributed by atoms with Crippen LogP contribution in [0.2, 0.25) is 6.04 Å². The van der Waals surface area contributed by atoms with Crippen molar-refractivity contribution in [3.05, 3.63) is 53.1 Å². The van der Waals surface area contributed by atoms with Crippen LogP contribution in [0.25, 0.3) is 0 Å². The lowest BCUT2D eigenvalue weighted by molar-refractivity contribution is 1.36. The molecule has 0 nitrogen and oxygen atoms in total. The van der Waals surface area contributed by atoms with Gasteiger partial charge in [-0.2, -0.15) is 0 Å². The maximum atomic E-state index is 2.33. The molecule has 0 N–H and O–H groups in total. The molecule has 0 fully saturated rings. The van der Waals surface area contributed by atoms with Gasteiger partial charge in [0.15, 0.2) is 0 Å². The van der Waals surface area contributed by atoms with Gasteiger partial charge in [-0.25, -0.2) is 0 Å². The van der Waals surface area contributed by atoms with E-state index < -0.39 is 0 Å². The number of aryl methyl sites for hydroxylation is 1. The maximum absolute atomic E-state index is 2.33. The molecule has 0 atom stereocenters. The van der Waals surface area contributed by atoms with Crippen molar-refractivity contribution in [3.8, 4) is 0 Å². The summed E-state index contributed by atoms with van der Waals surface area (Å²) in [5.41, 5.74) is 4.39. The molecule has 1 aromatic carbocycles. The fourth-order valence-electron chi connectivity index (χ4n) is 1.78. The molecule has 0 spiro atoms. The van der Waals surface area contributed by atoms with E-state index in [1.54, 1.807) is 0 Å². The number of rotatable bonds is 3. The summed E-state index contributed by atoms with van der Waals surface area (Å²) in [7, 11) is 0.914. The average molecular weight is 212 g/mol. The Morgan fingerprint density at radius 1 is 1.27 bits per heavy atom. The monoisotopic (exact) mass is 212 g/mol. The highest BCUT2D eigenvalue weighted by atomic mass is 28.2. The van der Waals surface area contributed by atoms with Gasteiger partial charge in [-0.05, 0) is 37.4 Å². The SMILES string of the molecule is Cc1cccc([Si]CC2=CCC=C2)c1C. The van der Waals surface area contributed by atoms with Crippen LogP contribution < -0.4 is 5.19 Å². The van der Waals surface area contributed by atoms with E-state index >= 15 is 0 Å². The van der Waals surface area contributed by atoms with E-state index in [-0.39, 0.29) is 0 Å². The quantitative estimate of drug-likeness (QED) is 0.676. The van der Waals surface area contributed by atoms with E-state index in [1.165, 1.54) is 27.9 Å². The molecule has 1 aliphatic rings. The highest BCUT2D eigenvalue weighted by Gasteiger charge is 2.04. The molecule has 76 valence electrons. The van der Waals surface area contributed by atoms with Crippen molar-refractivity contribution < 1.29 is 0 Å². The normalized spacial score (nSPS) is 14.4. The van der Waals surface area contributed by atoms with Crippen LogP contribution in [0.1, 0.15) is 17.5 Å². The Morgan fingerprint density at radius 3 is 2.87 bits per heavy atom. The third-order valence-corrected chi connectivity index (χ3v) is 4.44. The van der Waals surface area contributed by atoms with Gasteiger partial charge in [-0.15, -0.1) is 0 Å². The zero-order chi connectivity index (χ0) is 10.7. The van der Waals surface area contributed by atoms with E-state index in [0.717, 1.165) is 15.9 Å². The van der Waals surface area contributed by atoms with Gasteiger partial charge < -0.3 is 0 Å². The lowest BCUT2D eigenvalue weighted by Crippen LogP contribution is -2.18. The molecular formula is C14H16Si. The lowest BCUT2D eigenvalue weighted by atomic mass is 10.1. The smallest absolute Gasteiger partial charge is 0.0805 e. The molecule has 15 heavy (non-hydrogen) atoms. The third-order valence-electron chi connectivity index (χ3n) is 2.94. The minimum atomic E-state index is 0.914. The van der Waals surface area contributed by atoms with Crippen LogP contribution >= 0.6 is 0 Å². The Labute approximate surface area is 94.5 Å². The molecule has 0 heterocycles. The fourth-order valence-corrected chi connectivity index (χ4v) is 3.11. The standard InChI is InChI=1S/C14H16Si/c1-11-6-5-9-14(12(11)2)15-10-13-7-3-4-8-13/h3,5-9H,4,10H2,1-2H3. The largest absolute Gasteiger partial charge is 0.0859 e. The van der Waals surface area contributed by atoms with Gasteiger partial charge in [0.25, 0.3) is 0 Å². The summed E-state index contributed by atoms with van der Waals surface area (Å²) in [5, 5.41) is 1.52. The molecule has 1 aliphatic carbocycles. The molecule has 1 aromatic rings. The minimum Gasteiger partial charge on any atom is -0.0805 e. The van der Waals surface area contributed by atoms with Crippen molar-refractivity contribution in [3.63, 3.8) is 0 Å². The van der Waals surface area contributed by atoms with Gasteiger partial charge in [0, 0.05) is 0 Å². The topological polar surface area (TPSA) is 0 Å². The lowest BCUT2D eigenvalue weighted by Gasteiger charge is -2.07. The number of allylic oxidation sites excluding steroid dienone is 4.